The normalized spacial score (nSPS) is 17.2. The molecule has 0 bridgehead atoms. The van der Waals surface area contributed by atoms with Crippen LogP contribution in [0.25, 0.3) is 0 Å². The zero-order valence-electron chi connectivity index (χ0n) is 13.4. The molecule has 2 N–H and O–H groups in total. The first-order valence-electron chi connectivity index (χ1n) is 7.84. The molecule has 0 spiro atoms. The van der Waals surface area contributed by atoms with E-state index in [1.807, 2.05) is 12.1 Å². The predicted molar refractivity (Wildman–Crippen MR) is 93.0 cm³/mol. The fourth-order valence-electron chi connectivity index (χ4n) is 2.97. The number of hydrogen-bond acceptors (Lipinski definition) is 3. The van der Waals surface area contributed by atoms with Crippen molar-refractivity contribution in [1.29, 1.82) is 0 Å². The van der Waals surface area contributed by atoms with E-state index in [1.54, 1.807) is 10.4 Å². The SMILES string of the molecule is CCc1ccc(S(=O)(=O)N2CCC(CN)CC2)cc1CC.Cl. The molecule has 0 radical (unpaired) electrons. The van der Waals surface area contributed by atoms with Gasteiger partial charge in [0.2, 0.25) is 10.0 Å². The molecule has 0 aliphatic carbocycles. The van der Waals surface area contributed by atoms with Crippen LogP contribution >= 0.6 is 12.4 Å². The summed E-state index contributed by atoms with van der Waals surface area (Å²) in [6.45, 7) is 5.99. The van der Waals surface area contributed by atoms with Crippen molar-refractivity contribution in [1.82, 2.24) is 4.31 Å². The molecule has 2 rings (SSSR count). The molecule has 1 fully saturated rings. The average molecular weight is 347 g/mol. The van der Waals surface area contributed by atoms with Gasteiger partial charge in [-0.25, -0.2) is 8.42 Å². The van der Waals surface area contributed by atoms with Gasteiger partial charge < -0.3 is 5.73 Å². The largest absolute Gasteiger partial charge is 0.330 e. The van der Waals surface area contributed by atoms with Gasteiger partial charge in [0.05, 0.1) is 4.90 Å². The number of benzene rings is 1. The minimum absolute atomic E-state index is 0. The topological polar surface area (TPSA) is 63.4 Å². The highest BCUT2D eigenvalue weighted by atomic mass is 35.5. The van der Waals surface area contributed by atoms with Crippen molar-refractivity contribution in [3.8, 4) is 0 Å². The molecule has 1 aliphatic rings. The van der Waals surface area contributed by atoms with Crippen molar-refractivity contribution in [3.05, 3.63) is 29.3 Å². The van der Waals surface area contributed by atoms with Crippen LogP contribution in [0.5, 0.6) is 0 Å². The summed E-state index contributed by atoms with van der Waals surface area (Å²) >= 11 is 0. The van der Waals surface area contributed by atoms with Gasteiger partial charge in [-0.15, -0.1) is 12.4 Å². The van der Waals surface area contributed by atoms with Gasteiger partial charge in [-0.3, -0.25) is 0 Å². The minimum atomic E-state index is -3.36. The Morgan fingerprint density at radius 3 is 2.23 bits per heavy atom. The van der Waals surface area contributed by atoms with Crippen molar-refractivity contribution >= 4 is 22.4 Å². The van der Waals surface area contributed by atoms with Crippen LogP contribution in [-0.2, 0) is 22.9 Å². The van der Waals surface area contributed by atoms with E-state index in [2.05, 4.69) is 13.8 Å². The lowest BCUT2D eigenvalue weighted by Gasteiger charge is -2.30. The van der Waals surface area contributed by atoms with E-state index in [0.717, 1.165) is 31.2 Å². The molecule has 0 saturated carbocycles. The third kappa shape index (κ3) is 4.02. The number of sulfonamides is 1. The molecule has 22 heavy (non-hydrogen) atoms. The molecule has 1 heterocycles. The molecular weight excluding hydrogens is 320 g/mol. The molecule has 1 saturated heterocycles. The van der Waals surface area contributed by atoms with Crippen molar-refractivity contribution < 1.29 is 8.42 Å². The van der Waals surface area contributed by atoms with Crippen LogP contribution in [0, 0.1) is 5.92 Å². The summed E-state index contributed by atoms with van der Waals surface area (Å²) in [6, 6.07) is 5.56. The van der Waals surface area contributed by atoms with E-state index in [1.165, 1.54) is 5.56 Å². The van der Waals surface area contributed by atoms with Gasteiger partial charge in [0.15, 0.2) is 0 Å². The molecule has 0 atom stereocenters. The molecule has 4 nitrogen and oxygen atoms in total. The minimum Gasteiger partial charge on any atom is -0.330 e. The lowest BCUT2D eigenvalue weighted by molar-refractivity contribution is 0.278. The lowest BCUT2D eigenvalue weighted by atomic mass is 9.99. The maximum absolute atomic E-state index is 12.7. The summed E-state index contributed by atoms with van der Waals surface area (Å²) in [6.07, 6.45) is 3.53. The van der Waals surface area contributed by atoms with Gasteiger partial charge in [0, 0.05) is 13.1 Å². The van der Waals surface area contributed by atoms with Gasteiger partial charge >= 0.3 is 0 Å². The van der Waals surface area contributed by atoms with Crippen molar-refractivity contribution in [2.24, 2.45) is 11.7 Å². The van der Waals surface area contributed by atoms with E-state index < -0.39 is 10.0 Å². The van der Waals surface area contributed by atoms with Gasteiger partial charge in [-0.2, -0.15) is 4.31 Å². The number of nitrogens with two attached hydrogens (primary N) is 1. The first kappa shape index (κ1) is 19.4. The number of rotatable bonds is 5. The highest BCUT2D eigenvalue weighted by molar-refractivity contribution is 7.89. The van der Waals surface area contributed by atoms with Crippen LogP contribution in [0.2, 0.25) is 0 Å². The van der Waals surface area contributed by atoms with Crippen molar-refractivity contribution in [2.75, 3.05) is 19.6 Å². The van der Waals surface area contributed by atoms with Crippen LogP contribution in [0.15, 0.2) is 23.1 Å². The summed E-state index contributed by atoms with van der Waals surface area (Å²) in [7, 11) is -3.36. The zero-order valence-corrected chi connectivity index (χ0v) is 15.0. The predicted octanol–water partition coefficient (Wildman–Crippen LogP) is 2.59. The third-order valence-corrected chi connectivity index (χ3v) is 6.38. The quantitative estimate of drug-likeness (QED) is 0.891. The van der Waals surface area contributed by atoms with Crippen LogP contribution in [0.1, 0.15) is 37.8 Å². The Morgan fingerprint density at radius 2 is 1.73 bits per heavy atom. The molecule has 1 aromatic rings. The Kier molecular flexibility index (Phi) is 7.32. The molecular formula is C16H27ClN2O2S. The van der Waals surface area contributed by atoms with Crippen molar-refractivity contribution in [2.45, 2.75) is 44.4 Å². The second-order valence-corrected chi connectivity index (χ2v) is 7.66. The Balaban J connectivity index is 0.00000242. The molecule has 6 heteroatoms. The smallest absolute Gasteiger partial charge is 0.243 e. The molecule has 126 valence electrons. The first-order chi connectivity index (χ1) is 10.0. The maximum atomic E-state index is 12.7. The Bertz CT molecular complexity index is 582. The van der Waals surface area contributed by atoms with E-state index in [9.17, 15) is 8.42 Å². The monoisotopic (exact) mass is 346 g/mol. The van der Waals surface area contributed by atoms with Gasteiger partial charge in [-0.05, 0) is 61.4 Å². The highest BCUT2D eigenvalue weighted by Crippen LogP contribution is 2.25. The summed E-state index contributed by atoms with van der Waals surface area (Å²) in [5.41, 5.74) is 8.04. The van der Waals surface area contributed by atoms with E-state index in [-0.39, 0.29) is 12.4 Å². The number of hydrogen-bond donors (Lipinski definition) is 1. The molecule has 1 aliphatic heterocycles. The van der Waals surface area contributed by atoms with Crippen LogP contribution in [-0.4, -0.2) is 32.4 Å². The Morgan fingerprint density at radius 1 is 1.14 bits per heavy atom. The highest BCUT2D eigenvalue weighted by Gasteiger charge is 2.29. The second kappa shape index (κ2) is 8.29. The third-order valence-electron chi connectivity index (χ3n) is 4.48. The van der Waals surface area contributed by atoms with Crippen molar-refractivity contribution in [3.63, 3.8) is 0 Å². The van der Waals surface area contributed by atoms with Crippen LogP contribution in [0.3, 0.4) is 0 Å². The van der Waals surface area contributed by atoms with Crippen LogP contribution in [0.4, 0.5) is 0 Å². The lowest BCUT2D eigenvalue weighted by Crippen LogP contribution is -2.40. The molecule has 0 amide bonds. The average Bonchev–Trinajstić information content (AvgIpc) is 2.54. The standard InChI is InChI=1S/C16H26N2O2S.ClH/c1-3-14-5-6-16(11-15(14)4-2)21(19,20)18-9-7-13(12-17)8-10-18;/h5-6,11,13H,3-4,7-10,12,17H2,1-2H3;1H. The fraction of sp³-hybridized carbons (Fsp3) is 0.625. The summed E-state index contributed by atoms with van der Waals surface area (Å²) in [5, 5.41) is 0. The number of halogens is 1. The molecule has 0 aromatic heterocycles. The summed E-state index contributed by atoms with van der Waals surface area (Å²) < 4.78 is 27.1. The second-order valence-electron chi connectivity index (χ2n) is 5.72. The zero-order chi connectivity index (χ0) is 15.5. The van der Waals surface area contributed by atoms with E-state index in [4.69, 9.17) is 5.73 Å². The van der Waals surface area contributed by atoms with E-state index >= 15 is 0 Å². The first-order valence-corrected chi connectivity index (χ1v) is 9.28. The van der Waals surface area contributed by atoms with Gasteiger partial charge in [-0.1, -0.05) is 19.9 Å². The van der Waals surface area contributed by atoms with Gasteiger partial charge in [0.1, 0.15) is 0 Å². The van der Waals surface area contributed by atoms with Crippen LogP contribution < -0.4 is 5.73 Å². The van der Waals surface area contributed by atoms with Gasteiger partial charge in [0.25, 0.3) is 0 Å². The Labute approximate surface area is 140 Å². The number of aryl methyl sites for hydroxylation is 2. The summed E-state index contributed by atoms with van der Waals surface area (Å²) in [4.78, 5) is 0.433. The maximum Gasteiger partial charge on any atom is 0.243 e. The summed E-state index contributed by atoms with van der Waals surface area (Å²) in [5.74, 6) is 0.463. The molecule has 1 aromatic carbocycles. The fourth-order valence-corrected chi connectivity index (χ4v) is 4.49. The van der Waals surface area contributed by atoms with E-state index in [0.29, 0.717) is 30.4 Å². The number of piperidine rings is 1. The Hall–Kier alpha value is -0.620. The number of nitrogens with zero attached hydrogens (tertiary/aromatic N) is 1. The molecule has 0 unspecified atom stereocenters.